The van der Waals surface area contributed by atoms with Gasteiger partial charge in [-0.2, -0.15) is 18.2 Å². The standard InChI is InChI=1S/C28H27ClF5N5O3/c1-4-22(40)37-7-8-38(15(2)11-37)26-19-10-20(29)23(18-6-5-16(30)9-21(18)31)25-24(19)39(27(41)35-26)17(13-42-25)12-36(3)14-28(32,33)34/h4-6,9-10,15,17H,1,7-8,11-14H2,2-3H3. The molecule has 5 rings (SSSR count). The highest BCUT2D eigenvalue weighted by molar-refractivity contribution is 6.35. The number of hydrogen-bond acceptors (Lipinski definition) is 6. The third kappa shape index (κ3) is 5.54. The summed E-state index contributed by atoms with van der Waals surface area (Å²) in [5, 5.41) is 0.399. The first-order valence-electron chi connectivity index (χ1n) is 13.1. The first-order chi connectivity index (χ1) is 19.8. The summed E-state index contributed by atoms with van der Waals surface area (Å²) < 4.78 is 75.3. The van der Waals surface area contributed by atoms with Crippen LogP contribution in [-0.2, 0) is 4.79 Å². The predicted molar refractivity (Wildman–Crippen MR) is 148 cm³/mol. The molecule has 0 spiro atoms. The zero-order valence-electron chi connectivity index (χ0n) is 22.7. The summed E-state index contributed by atoms with van der Waals surface area (Å²) in [7, 11) is 1.28. The van der Waals surface area contributed by atoms with Gasteiger partial charge in [-0.15, -0.1) is 0 Å². The molecule has 2 aliphatic heterocycles. The number of aromatic nitrogens is 2. The van der Waals surface area contributed by atoms with Gasteiger partial charge in [-0.3, -0.25) is 14.3 Å². The Kier molecular flexibility index (Phi) is 7.92. The third-order valence-electron chi connectivity index (χ3n) is 7.44. The molecule has 0 saturated carbocycles. The molecule has 1 amide bonds. The Morgan fingerprint density at radius 2 is 2.00 bits per heavy atom. The van der Waals surface area contributed by atoms with Crippen molar-refractivity contribution in [3.63, 3.8) is 0 Å². The molecular formula is C28H27ClF5N5O3. The molecule has 2 aliphatic rings. The van der Waals surface area contributed by atoms with Gasteiger partial charge in [0.1, 0.15) is 24.1 Å². The zero-order valence-corrected chi connectivity index (χ0v) is 23.5. The monoisotopic (exact) mass is 611 g/mol. The molecule has 2 unspecified atom stereocenters. The summed E-state index contributed by atoms with van der Waals surface area (Å²) in [5.74, 6) is -1.68. The van der Waals surface area contributed by atoms with E-state index in [4.69, 9.17) is 16.3 Å². The third-order valence-corrected chi connectivity index (χ3v) is 7.74. The number of ether oxygens (including phenoxy) is 1. The van der Waals surface area contributed by atoms with Crippen LogP contribution in [0.25, 0.3) is 22.0 Å². The number of halogens is 6. The number of hydrogen-bond donors (Lipinski definition) is 0. The number of likely N-dealkylation sites (N-methyl/N-ethyl adjacent to an activating group) is 1. The van der Waals surface area contributed by atoms with Gasteiger partial charge in [0.05, 0.1) is 23.1 Å². The minimum absolute atomic E-state index is 0.0339. The first kappa shape index (κ1) is 29.8. The highest BCUT2D eigenvalue weighted by Crippen LogP contribution is 2.47. The molecule has 14 heteroatoms. The number of benzene rings is 2. The van der Waals surface area contributed by atoms with Crippen molar-refractivity contribution in [1.82, 2.24) is 19.4 Å². The summed E-state index contributed by atoms with van der Waals surface area (Å²) in [6.07, 6.45) is -3.24. The van der Waals surface area contributed by atoms with E-state index >= 15 is 0 Å². The van der Waals surface area contributed by atoms with Crippen LogP contribution in [0.15, 0.2) is 41.7 Å². The van der Waals surface area contributed by atoms with Crippen molar-refractivity contribution in [3.05, 3.63) is 64.1 Å². The number of nitrogens with zero attached hydrogens (tertiary/aromatic N) is 5. The van der Waals surface area contributed by atoms with Gasteiger partial charge in [0.2, 0.25) is 5.91 Å². The van der Waals surface area contributed by atoms with Crippen LogP contribution in [0.3, 0.4) is 0 Å². The van der Waals surface area contributed by atoms with Crippen molar-refractivity contribution in [2.45, 2.75) is 25.2 Å². The average Bonchev–Trinajstić information content (AvgIpc) is 2.90. The lowest BCUT2D eigenvalue weighted by atomic mass is 9.99. The topological polar surface area (TPSA) is 70.9 Å². The molecule has 1 fully saturated rings. The Morgan fingerprint density at radius 3 is 2.64 bits per heavy atom. The second kappa shape index (κ2) is 11.2. The van der Waals surface area contributed by atoms with Crippen LogP contribution < -0.4 is 15.3 Å². The quantitative estimate of drug-likeness (QED) is 0.299. The van der Waals surface area contributed by atoms with Crippen molar-refractivity contribution < 1.29 is 31.5 Å². The fraction of sp³-hybridized carbons (Fsp3) is 0.393. The molecule has 224 valence electrons. The number of alkyl halides is 3. The van der Waals surface area contributed by atoms with Crippen LogP contribution in [0.2, 0.25) is 5.02 Å². The maximum Gasteiger partial charge on any atom is 0.401 e. The molecule has 3 aromatic rings. The van der Waals surface area contributed by atoms with Gasteiger partial charge in [-0.05, 0) is 38.2 Å². The van der Waals surface area contributed by atoms with Crippen LogP contribution in [-0.4, -0.2) is 83.9 Å². The molecule has 1 aromatic heterocycles. The highest BCUT2D eigenvalue weighted by Gasteiger charge is 2.36. The minimum Gasteiger partial charge on any atom is -0.488 e. The summed E-state index contributed by atoms with van der Waals surface area (Å²) in [6, 6.07) is 3.28. The molecule has 0 radical (unpaired) electrons. The van der Waals surface area contributed by atoms with E-state index in [0.29, 0.717) is 31.1 Å². The fourth-order valence-corrected chi connectivity index (χ4v) is 5.98. The molecule has 2 atom stereocenters. The zero-order chi connectivity index (χ0) is 30.5. The normalized spacial score (nSPS) is 18.9. The second-order valence-corrected chi connectivity index (χ2v) is 10.9. The lowest BCUT2D eigenvalue weighted by Gasteiger charge is -2.41. The van der Waals surface area contributed by atoms with Crippen molar-refractivity contribution in [3.8, 4) is 16.9 Å². The molecule has 0 aliphatic carbocycles. The predicted octanol–water partition coefficient (Wildman–Crippen LogP) is 4.65. The van der Waals surface area contributed by atoms with Crippen molar-refractivity contribution >= 4 is 34.2 Å². The van der Waals surface area contributed by atoms with Crippen LogP contribution in [0.5, 0.6) is 5.75 Å². The van der Waals surface area contributed by atoms with E-state index < -0.39 is 36.1 Å². The van der Waals surface area contributed by atoms with Gasteiger partial charge in [0, 0.05) is 54.8 Å². The fourth-order valence-electron chi connectivity index (χ4n) is 5.69. The molecule has 2 aromatic carbocycles. The highest BCUT2D eigenvalue weighted by atomic mass is 35.5. The lowest BCUT2D eigenvalue weighted by Crippen LogP contribution is -2.54. The van der Waals surface area contributed by atoms with E-state index in [2.05, 4.69) is 11.6 Å². The lowest BCUT2D eigenvalue weighted by molar-refractivity contribution is -0.144. The second-order valence-electron chi connectivity index (χ2n) is 10.5. The summed E-state index contributed by atoms with van der Waals surface area (Å²) in [4.78, 5) is 34.7. The summed E-state index contributed by atoms with van der Waals surface area (Å²) >= 11 is 6.70. The van der Waals surface area contributed by atoms with E-state index in [9.17, 15) is 31.5 Å². The smallest absolute Gasteiger partial charge is 0.401 e. The molecule has 0 bridgehead atoms. The Morgan fingerprint density at radius 1 is 1.26 bits per heavy atom. The molecule has 8 nitrogen and oxygen atoms in total. The van der Waals surface area contributed by atoms with Crippen molar-refractivity contribution in [2.24, 2.45) is 0 Å². The van der Waals surface area contributed by atoms with Gasteiger partial charge < -0.3 is 14.5 Å². The minimum atomic E-state index is -4.46. The maximum atomic E-state index is 15.0. The van der Waals surface area contributed by atoms with E-state index in [1.807, 2.05) is 11.8 Å². The van der Waals surface area contributed by atoms with Crippen LogP contribution in [0.4, 0.5) is 27.8 Å². The number of carbonyl (C=O) groups is 1. The Balaban J connectivity index is 1.70. The molecule has 0 N–H and O–H groups in total. The largest absolute Gasteiger partial charge is 0.488 e. The van der Waals surface area contributed by atoms with Crippen LogP contribution >= 0.6 is 11.6 Å². The van der Waals surface area contributed by atoms with Crippen molar-refractivity contribution in [2.75, 3.05) is 51.3 Å². The van der Waals surface area contributed by atoms with Crippen LogP contribution in [0.1, 0.15) is 13.0 Å². The van der Waals surface area contributed by atoms with E-state index in [0.717, 1.165) is 11.0 Å². The Labute approximate surface area is 242 Å². The number of carbonyl (C=O) groups excluding carboxylic acids is 1. The average molecular weight is 612 g/mol. The van der Waals surface area contributed by atoms with E-state index in [-0.39, 0.29) is 58.3 Å². The van der Waals surface area contributed by atoms with Gasteiger partial charge in [0.15, 0.2) is 5.75 Å². The Bertz CT molecular complexity index is 1630. The molecule has 42 heavy (non-hydrogen) atoms. The number of rotatable bonds is 6. The van der Waals surface area contributed by atoms with Gasteiger partial charge >= 0.3 is 11.9 Å². The van der Waals surface area contributed by atoms with Gasteiger partial charge in [0.25, 0.3) is 0 Å². The van der Waals surface area contributed by atoms with Gasteiger partial charge in [-0.1, -0.05) is 18.2 Å². The van der Waals surface area contributed by atoms with Crippen molar-refractivity contribution in [1.29, 1.82) is 0 Å². The SMILES string of the molecule is C=CC(=O)N1CCN(c2nc(=O)n3c4c(c(-c5ccc(F)cc5F)c(Cl)cc24)OCC3CN(C)CC(F)(F)F)C(C)C1. The van der Waals surface area contributed by atoms with E-state index in [1.165, 1.54) is 29.8 Å². The maximum absolute atomic E-state index is 15.0. The first-order valence-corrected chi connectivity index (χ1v) is 13.5. The van der Waals surface area contributed by atoms with E-state index in [1.54, 1.807) is 4.90 Å². The Hall–Kier alpha value is -3.71. The molecule has 3 heterocycles. The number of piperazine rings is 1. The van der Waals surface area contributed by atoms with Gasteiger partial charge in [-0.25, -0.2) is 13.6 Å². The number of anilines is 1. The van der Waals surface area contributed by atoms with Crippen LogP contribution in [0, 0.1) is 11.6 Å². The number of amides is 1. The molecular weight excluding hydrogens is 585 g/mol. The summed E-state index contributed by atoms with van der Waals surface area (Å²) in [5.41, 5.74) is -0.560. The summed E-state index contributed by atoms with van der Waals surface area (Å²) in [6.45, 7) is 4.69. The molecule has 1 saturated heterocycles.